The summed E-state index contributed by atoms with van der Waals surface area (Å²) < 4.78 is 0. The van der Waals surface area contributed by atoms with Crippen LogP contribution in [-0.4, -0.2) is 0 Å². The second kappa shape index (κ2) is 13.7. The van der Waals surface area contributed by atoms with Crippen molar-refractivity contribution in [1.82, 2.24) is 0 Å². The molecule has 1 atom stereocenters. The van der Waals surface area contributed by atoms with Gasteiger partial charge in [-0.3, -0.25) is 0 Å². The van der Waals surface area contributed by atoms with Crippen molar-refractivity contribution < 1.29 is 0 Å². The largest absolute Gasteiger partial charge is 0.310 e. The lowest BCUT2D eigenvalue weighted by Crippen LogP contribution is -2.27. The van der Waals surface area contributed by atoms with Crippen molar-refractivity contribution >= 4 is 22.6 Å². The van der Waals surface area contributed by atoms with Crippen molar-refractivity contribution in [2.75, 3.05) is 4.90 Å². The van der Waals surface area contributed by atoms with Crippen LogP contribution < -0.4 is 4.90 Å². The summed E-state index contributed by atoms with van der Waals surface area (Å²) in [5.74, 6) is 0. The molecule has 1 nitrogen and oxygen atoms in total. The molecule has 0 amide bonds. The molecule has 1 heteroatoms. The minimum atomic E-state index is -0.489. The van der Waals surface area contributed by atoms with Gasteiger partial charge in [-0.1, -0.05) is 190 Å². The molecule has 1 spiro atoms. The molecule has 0 bridgehead atoms. The molecule has 0 N–H and O–H groups in total. The minimum Gasteiger partial charge on any atom is -0.310 e. The lowest BCUT2D eigenvalue weighted by Gasteiger charge is -2.32. The van der Waals surface area contributed by atoms with Gasteiger partial charge in [-0.2, -0.15) is 0 Å². The number of fused-ring (bicyclic) bond motifs is 10. The van der Waals surface area contributed by atoms with E-state index in [-0.39, 0.29) is 5.41 Å². The van der Waals surface area contributed by atoms with Gasteiger partial charge in [0.15, 0.2) is 0 Å². The van der Waals surface area contributed by atoms with Crippen molar-refractivity contribution in [3.8, 4) is 44.5 Å². The fourth-order valence-corrected chi connectivity index (χ4v) is 10.8. The predicted molar refractivity (Wildman–Crippen MR) is 253 cm³/mol. The van der Waals surface area contributed by atoms with E-state index in [2.05, 4.69) is 239 Å². The van der Waals surface area contributed by atoms with Crippen molar-refractivity contribution in [1.29, 1.82) is 0 Å². The molecule has 0 fully saturated rings. The number of hydrogen-bond acceptors (Lipinski definition) is 1. The summed E-state index contributed by atoms with van der Waals surface area (Å²) in [7, 11) is 0. The predicted octanol–water partition coefficient (Wildman–Crippen LogP) is 15.6. The van der Waals surface area contributed by atoms with E-state index < -0.39 is 5.41 Å². The van der Waals surface area contributed by atoms with Gasteiger partial charge >= 0.3 is 0 Å². The highest BCUT2D eigenvalue weighted by atomic mass is 15.1. The van der Waals surface area contributed by atoms with E-state index in [1.54, 1.807) is 0 Å². The number of rotatable bonds is 7. The van der Waals surface area contributed by atoms with E-state index >= 15 is 0 Å². The summed E-state index contributed by atoms with van der Waals surface area (Å²) in [5, 5.41) is 0. The molecular weight excluding hydrogens is 723 g/mol. The van der Waals surface area contributed by atoms with Crippen LogP contribution in [0.25, 0.3) is 50.1 Å². The zero-order valence-corrected chi connectivity index (χ0v) is 34.3. The molecule has 0 radical (unpaired) electrons. The molecule has 8 aromatic rings. The van der Waals surface area contributed by atoms with Gasteiger partial charge in [-0.25, -0.2) is 0 Å². The highest BCUT2D eigenvalue weighted by Crippen LogP contribution is 2.64. The molecule has 286 valence electrons. The Hall–Kier alpha value is -7.22. The third-order valence-electron chi connectivity index (χ3n) is 13.4. The van der Waals surface area contributed by atoms with Crippen LogP contribution in [0.5, 0.6) is 0 Å². The first-order chi connectivity index (χ1) is 29.4. The first kappa shape index (κ1) is 35.9. The van der Waals surface area contributed by atoms with Crippen LogP contribution in [0.4, 0.5) is 17.1 Å². The molecule has 60 heavy (non-hydrogen) atoms. The van der Waals surface area contributed by atoms with Crippen molar-refractivity contribution in [2.24, 2.45) is 0 Å². The Morgan fingerprint density at radius 1 is 0.450 bits per heavy atom. The summed E-state index contributed by atoms with van der Waals surface area (Å²) >= 11 is 0. The van der Waals surface area contributed by atoms with Gasteiger partial charge in [0.05, 0.1) is 11.1 Å². The molecule has 0 saturated carbocycles. The fraction of sp³-hybridized carbons (Fsp3) is 0.0847. The van der Waals surface area contributed by atoms with Crippen LogP contribution >= 0.6 is 0 Å². The molecule has 3 aliphatic rings. The first-order valence-corrected chi connectivity index (χ1v) is 21.1. The summed E-state index contributed by atoms with van der Waals surface area (Å²) in [4.78, 5) is 2.47. The number of allylic oxidation sites excluding steroid dienone is 5. The normalized spacial score (nSPS) is 16.4. The molecule has 0 aromatic heterocycles. The van der Waals surface area contributed by atoms with E-state index in [1.165, 1.54) is 89.0 Å². The molecule has 8 aromatic carbocycles. The first-order valence-electron chi connectivity index (χ1n) is 21.1. The van der Waals surface area contributed by atoms with Gasteiger partial charge < -0.3 is 4.90 Å². The van der Waals surface area contributed by atoms with Crippen LogP contribution in [0.15, 0.2) is 218 Å². The lowest BCUT2D eigenvalue weighted by molar-refractivity contribution is 0.660. The molecule has 0 heterocycles. The Bertz CT molecular complexity index is 3090. The zero-order valence-electron chi connectivity index (χ0n) is 34.3. The van der Waals surface area contributed by atoms with Crippen LogP contribution in [0.3, 0.4) is 0 Å². The van der Waals surface area contributed by atoms with Crippen molar-refractivity contribution in [2.45, 2.75) is 31.6 Å². The van der Waals surface area contributed by atoms with E-state index in [4.69, 9.17) is 0 Å². The Morgan fingerprint density at radius 2 is 1.02 bits per heavy atom. The van der Waals surface area contributed by atoms with Gasteiger partial charge in [0, 0.05) is 22.4 Å². The quantitative estimate of drug-likeness (QED) is 0.156. The summed E-state index contributed by atoms with van der Waals surface area (Å²) in [5.41, 5.74) is 23.2. The summed E-state index contributed by atoms with van der Waals surface area (Å²) in [6.45, 7) is 11.2. The standard InChI is InChI=1S/C59H45N/c1-5-18-51-45(6-2)46-23-11-14-27-52(46)59(51)53-28-15-12-25-49(53)57-54(59)29-17-30-56(57)60(44-22-16-21-41(37-44)39-19-8-7-9-20-39)43-34-31-40(32-35-43)42-33-36-48-47-24-10-13-26-50(47)58(3,4)55(48)38-42/h5-38H,2H2,1,3-4H3/b18-5-. The number of anilines is 3. The maximum atomic E-state index is 4.36. The van der Waals surface area contributed by atoms with Crippen molar-refractivity contribution in [3.05, 3.63) is 252 Å². The third kappa shape index (κ3) is 5.05. The summed E-state index contributed by atoms with van der Waals surface area (Å²) in [6, 6.07) is 69.7. The fourth-order valence-electron chi connectivity index (χ4n) is 10.8. The van der Waals surface area contributed by atoms with E-state index in [0.717, 1.165) is 17.1 Å². The number of hydrogen-bond donors (Lipinski definition) is 0. The van der Waals surface area contributed by atoms with Gasteiger partial charge in [0.2, 0.25) is 0 Å². The monoisotopic (exact) mass is 767 g/mol. The van der Waals surface area contributed by atoms with Crippen LogP contribution in [0.1, 0.15) is 54.2 Å². The maximum Gasteiger partial charge on any atom is 0.0726 e. The highest BCUT2D eigenvalue weighted by molar-refractivity contribution is 6.02. The molecule has 11 rings (SSSR count). The molecule has 3 aliphatic carbocycles. The van der Waals surface area contributed by atoms with E-state index in [9.17, 15) is 0 Å². The zero-order chi connectivity index (χ0) is 40.6. The number of benzene rings is 8. The van der Waals surface area contributed by atoms with Crippen LogP contribution in [-0.2, 0) is 10.8 Å². The Morgan fingerprint density at radius 3 is 1.77 bits per heavy atom. The molecule has 1 unspecified atom stereocenters. The lowest BCUT2D eigenvalue weighted by atomic mass is 9.69. The topological polar surface area (TPSA) is 3.24 Å². The Balaban J connectivity index is 1.12. The minimum absolute atomic E-state index is 0.0575. The maximum absolute atomic E-state index is 4.36. The average Bonchev–Trinajstić information content (AvgIpc) is 3.85. The Kier molecular flexibility index (Phi) is 8.19. The Labute approximate surface area is 354 Å². The van der Waals surface area contributed by atoms with Crippen molar-refractivity contribution in [3.63, 3.8) is 0 Å². The molecule has 0 aliphatic heterocycles. The third-order valence-corrected chi connectivity index (χ3v) is 13.4. The average molecular weight is 768 g/mol. The molecular formula is C59H45N. The van der Waals surface area contributed by atoms with Crippen LogP contribution in [0, 0.1) is 0 Å². The second-order valence-corrected chi connectivity index (χ2v) is 16.8. The van der Waals surface area contributed by atoms with Gasteiger partial charge in [-0.15, -0.1) is 0 Å². The van der Waals surface area contributed by atoms with E-state index in [0.29, 0.717) is 0 Å². The number of nitrogens with zero attached hydrogens (tertiary/aromatic N) is 1. The molecule has 0 saturated heterocycles. The van der Waals surface area contributed by atoms with Crippen LogP contribution in [0.2, 0.25) is 0 Å². The summed E-state index contributed by atoms with van der Waals surface area (Å²) in [6.07, 6.45) is 6.55. The van der Waals surface area contributed by atoms with Gasteiger partial charge in [-0.05, 0) is 127 Å². The smallest absolute Gasteiger partial charge is 0.0726 e. The second-order valence-electron chi connectivity index (χ2n) is 16.8. The van der Waals surface area contributed by atoms with E-state index in [1.807, 2.05) is 0 Å². The SMILES string of the molecule is C=CC1=C(/C=C\C)C2(c3ccccc31)c1ccccc1-c1c(N(c3ccc(-c4ccc5c(c4)C(C)(C)c4ccccc4-5)cc3)c3cccc(-c4ccccc4)c3)cccc12. The van der Waals surface area contributed by atoms with Gasteiger partial charge in [0.25, 0.3) is 0 Å². The highest BCUT2D eigenvalue weighted by Gasteiger charge is 2.52. The van der Waals surface area contributed by atoms with Gasteiger partial charge in [0.1, 0.15) is 0 Å².